The lowest BCUT2D eigenvalue weighted by Crippen LogP contribution is -2.54. The molecule has 1 aliphatic heterocycles. The molecule has 8 heteroatoms. The number of nitrogens with one attached hydrogen (secondary N) is 1. The molecule has 0 unspecified atom stereocenters. The zero-order chi connectivity index (χ0) is 20.3. The van der Waals surface area contributed by atoms with E-state index in [9.17, 15) is 18.8 Å². The van der Waals surface area contributed by atoms with Gasteiger partial charge in [-0.3, -0.25) is 14.9 Å². The Hall–Kier alpha value is -3.19. The third-order valence-electron chi connectivity index (χ3n) is 3.76. The summed E-state index contributed by atoms with van der Waals surface area (Å²) in [5.41, 5.74) is 0.483. The van der Waals surface area contributed by atoms with Crippen molar-refractivity contribution in [1.29, 1.82) is 0 Å². The van der Waals surface area contributed by atoms with Gasteiger partial charge in [0.25, 0.3) is 11.8 Å². The quantitative estimate of drug-likeness (QED) is 0.310. The van der Waals surface area contributed by atoms with Crippen molar-refractivity contribution >= 4 is 52.2 Å². The normalized spacial score (nSPS) is 15.4. The van der Waals surface area contributed by atoms with Gasteiger partial charge in [-0.05, 0) is 70.6 Å². The van der Waals surface area contributed by atoms with Crippen LogP contribution in [0.4, 0.5) is 14.9 Å². The number of hydrogen-bond donors (Lipinski definition) is 1. The molecule has 0 saturated carbocycles. The Kier molecular flexibility index (Phi) is 5.75. The molecule has 1 N–H and O–H groups in total. The third kappa shape index (κ3) is 4.04. The van der Waals surface area contributed by atoms with Gasteiger partial charge in [-0.25, -0.2) is 14.1 Å². The Bertz CT molecular complexity index is 1040. The SMILES string of the molecule is C#CCOc1ccc(/C=C2\C(=O)NC(=O)N(c3ccc(F)cc3)C2=O)cc1I. The third-order valence-corrected chi connectivity index (χ3v) is 4.61. The molecule has 2 aromatic carbocycles. The van der Waals surface area contributed by atoms with E-state index in [1.54, 1.807) is 18.2 Å². The van der Waals surface area contributed by atoms with Crippen molar-refractivity contribution in [3.05, 3.63) is 63.0 Å². The maximum absolute atomic E-state index is 13.1. The summed E-state index contributed by atoms with van der Waals surface area (Å²) in [5.74, 6) is 0.816. The van der Waals surface area contributed by atoms with E-state index in [0.29, 0.717) is 11.3 Å². The number of imide groups is 2. The lowest BCUT2D eigenvalue weighted by atomic mass is 10.1. The topological polar surface area (TPSA) is 75.7 Å². The van der Waals surface area contributed by atoms with Crippen LogP contribution >= 0.6 is 22.6 Å². The summed E-state index contributed by atoms with van der Waals surface area (Å²) in [6.45, 7) is 0.117. The number of terminal acetylenes is 1. The highest BCUT2D eigenvalue weighted by Gasteiger charge is 2.36. The van der Waals surface area contributed by atoms with Gasteiger partial charge in [-0.15, -0.1) is 6.42 Å². The van der Waals surface area contributed by atoms with E-state index in [-0.39, 0.29) is 17.9 Å². The number of nitrogens with zero attached hydrogens (tertiary/aromatic N) is 1. The molecule has 140 valence electrons. The van der Waals surface area contributed by atoms with Gasteiger partial charge in [-0.1, -0.05) is 12.0 Å². The second-order valence-corrected chi connectivity index (χ2v) is 6.78. The molecule has 0 aromatic heterocycles. The van der Waals surface area contributed by atoms with Crippen molar-refractivity contribution in [2.24, 2.45) is 0 Å². The van der Waals surface area contributed by atoms with Crippen molar-refractivity contribution in [3.8, 4) is 18.1 Å². The Balaban J connectivity index is 1.94. The summed E-state index contributed by atoms with van der Waals surface area (Å²) < 4.78 is 19.2. The molecule has 1 aliphatic rings. The highest BCUT2D eigenvalue weighted by molar-refractivity contribution is 14.1. The van der Waals surface area contributed by atoms with Crippen LogP contribution in [0.1, 0.15) is 5.56 Å². The number of carbonyl (C=O) groups excluding carboxylic acids is 3. The molecule has 1 heterocycles. The first-order valence-electron chi connectivity index (χ1n) is 7.93. The Labute approximate surface area is 173 Å². The average Bonchev–Trinajstić information content (AvgIpc) is 2.66. The van der Waals surface area contributed by atoms with Crippen LogP contribution in [0.15, 0.2) is 48.0 Å². The summed E-state index contributed by atoms with van der Waals surface area (Å²) in [6.07, 6.45) is 6.54. The standard InChI is InChI=1S/C20H12FIN2O4/c1-2-9-28-17-8-3-12(11-16(17)22)10-15-18(25)23-20(27)24(19(15)26)14-6-4-13(21)5-7-14/h1,3-8,10-11H,9H2,(H,23,25,27)/b15-10+. The molecule has 0 radical (unpaired) electrons. The number of ether oxygens (including phenoxy) is 1. The van der Waals surface area contributed by atoms with Crippen LogP contribution in [0.25, 0.3) is 6.08 Å². The van der Waals surface area contributed by atoms with Crippen LogP contribution in [0.5, 0.6) is 5.75 Å². The molecular weight excluding hydrogens is 478 g/mol. The number of benzene rings is 2. The fraction of sp³-hybridized carbons (Fsp3) is 0.0500. The van der Waals surface area contributed by atoms with Crippen LogP contribution in [0.2, 0.25) is 0 Å². The molecule has 3 rings (SSSR count). The van der Waals surface area contributed by atoms with Gasteiger partial charge in [0.15, 0.2) is 0 Å². The van der Waals surface area contributed by atoms with Gasteiger partial charge in [0, 0.05) is 0 Å². The molecule has 28 heavy (non-hydrogen) atoms. The van der Waals surface area contributed by atoms with E-state index in [1.807, 2.05) is 22.6 Å². The van der Waals surface area contributed by atoms with Crippen molar-refractivity contribution in [2.45, 2.75) is 0 Å². The van der Waals surface area contributed by atoms with Gasteiger partial charge in [0.05, 0.1) is 9.26 Å². The maximum Gasteiger partial charge on any atom is 0.335 e. The van der Waals surface area contributed by atoms with Crippen molar-refractivity contribution in [2.75, 3.05) is 11.5 Å². The second kappa shape index (κ2) is 8.22. The number of barbiturate groups is 1. The van der Waals surface area contributed by atoms with Crippen LogP contribution < -0.4 is 15.0 Å². The minimum atomic E-state index is -0.897. The van der Waals surface area contributed by atoms with Crippen molar-refractivity contribution < 1.29 is 23.5 Å². The number of amides is 4. The lowest BCUT2D eigenvalue weighted by Gasteiger charge is -2.26. The summed E-state index contributed by atoms with van der Waals surface area (Å²) in [5, 5.41) is 2.11. The second-order valence-electron chi connectivity index (χ2n) is 5.62. The molecule has 6 nitrogen and oxygen atoms in total. The number of rotatable bonds is 4. The number of anilines is 1. The first-order chi connectivity index (χ1) is 13.4. The van der Waals surface area contributed by atoms with Gasteiger partial charge < -0.3 is 4.74 Å². The minimum Gasteiger partial charge on any atom is -0.480 e. The Morgan fingerprint density at radius 2 is 1.89 bits per heavy atom. The number of hydrogen-bond acceptors (Lipinski definition) is 4. The van der Waals surface area contributed by atoms with Gasteiger partial charge >= 0.3 is 6.03 Å². The summed E-state index contributed by atoms with van der Waals surface area (Å²) in [6, 6.07) is 8.92. The minimum absolute atomic E-state index is 0.117. The summed E-state index contributed by atoms with van der Waals surface area (Å²) in [7, 11) is 0. The zero-order valence-electron chi connectivity index (χ0n) is 14.2. The smallest absolute Gasteiger partial charge is 0.335 e. The monoisotopic (exact) mass is 490 g/mol. The lowest BCUT2D eigenvalue weighted by molar-refractivity contribution is -0.122. The Morgan fingerprint density at radius 3 is 2.54 bits per heavy atom. The average molecular weight is 490 g/mol. The number of carbonyl (C=O) groups is 3. The predicted molar refractivity (Wildman–Crippen MR) is 109 cm³/mol. The van der Waals surface area contributed by atoms with E-state index < -0.39 is 23.7 Å². The van der Waals surface area contributed by atoms with E-state index in [0.717, 1.165) is 20.6 Å². The van der Waals surface area contributed by atoms with Crippen LogP contribution in [-0.2, 0) is 9.59 Å². The van der Waals surface area contributed by atoms with Gasteiger partial charge in [0.1, 0.15) is 23.7 Å². The molecule has 0 atom stereocenters. The Morgan fingerprint density at radius 1 is 1.18 bits per heavy atom. The van der Waals surface area contributed by atoms with Crippen LogP contribution in [-0.4, -0.2) is 24.5 Å². The highest BCUT2D eigenvalue weighted by atomic mass is 127. The van der Waals surface area contributed by atoms with Gasteiger partial charge in [-0.2, -0.15) is 0 Å². The van der Waals surface area contributed by atoms with E-state index in [1.165, 1.54) is 18.2 Å². The van der Waals surface area contributed by atoms with E-state index >= 15 is 0 Å². The molecule has 0 spiro atoms. The molecule has 0 bridgehead atoms. The van der Waals surface area contributed by atoms with Crippen LogP contribution in [0.3, 0.4) is 0 Å². The highest BCUT2D eigenvalue weighted by Crippen LogP contribution is 2.25. The number of halogens is 2. The first-order valence-corrected chi connectivity index (χ1v) is 9.01. The number of urea groups is 1. The largest absolute Gasteiger partial charge is 0.480 e. The zero-order valence-corrected chi connectivity index (χ0v) is 16.4. The maximum atomic E-state index is 13.1. The predicted octanol–water partition coefficient (Wildman–Crippen LogP) is 3.11. The fourth-order valence-corrected chi connectivity index (χ4v) is 3.19. The van der Waals surface area contributed by atoms with Crippen LogP contribution in [0, 0.1) is 21.7 Å². The first kappa shape index (κ1) is 19.6. The van der Waals surface area contributed by atoms with E-state index in [2.05, 4.69) is 11.2 Å². The molecule has 1 fully saturated rings. The molecule has 4 amide bonds. The fourth-order valence-electron chi connectivity index (χ4n) is 2.49. The molecular formula is C20H12FIN2O4. The molecule has 1 saturated heterocycles. The van der Waals surface area contributed by atoms with Gasteiger partial charge in [0.2, 0.25) is 0 Å². The molecule has 0 aliphatic carbocycles. The van der Waals surface area contributed by atoms with Crippen molar-refractivity contribution in [1.82, 2.24) is 5.32 Å². The van der Waals surface area contributed by atoms with Crippen molar-refractivity contribution in [3.63, 3.8) is 0 Å². The summed E-state index contributed by atoms with van der Waals surface area (Å²) >= 11 is 2.04. The van der Waals surface area contributed by atoms with E-state index in [4.69, 9.17) is 11.2 Å². The summed E-state index contributed by atoms with van der Waals surface area (Å²) in [4.78, 5) is 37.8. The molecule has 2 aromatic rings.